The molecule has 144 valence electrons. The minimum atomic E-state index is -0.0709. The van der Waals surface area contributed by atoms with Crippen LogP contribution in [0, 0.1) is 13.8 Å². The van der Waals surface area contributed by atoms with E-state index in [1.807, 2.05) is 36.9 Å². The van der Waals surface area contributed by atoms with Crippen molar-refractivity contribution in [3.05, 3.63) is 29.3 Å². The van der Waals surface area contributed by atoms with Gasteiger partial charge in [0.1, 0.15) is 5.75 Å². The number of para-hydroxylation sites is 1. The molecule has 1 aromatic carbocycles. The second-order valence-corrected chi connectivity index (χ2v) is 7.17. The third-order valence-electron chi connectivity index (χ3n) is 4.77. The maximum absolute atomic E-state index is 12.4. The fourth-order valence-electron chi connectivity index (χ4n) is 3.16. The van der Waals surface area contributed by atoms with E-state index in [-0.39, 0.29) is 18.0 Å². The van der Waals surface area contributed by atoms with Gasteiger partial charge in [-0.3, -0.25) is 4.79 Å². The van der Waals surface area contributed by atoms with Crippen LogP contribution in [0.25, 0.3) is 0 Å². The van der Waals surface area contributed by atoms with Crippen LogP contribution >= 0.6 is 0 Å². The normalized spacial score (nSPS) is 14.8. The van der Waals surface area contributed by atoms with Crippen molar-refractivity contribution in [2.75, 3.05) is 33.8 Å². The molecule has 1 aliphatic heterocycles. The number of likely N-dealkylation sites (tertiary alicyclic amines) is 1. The molecule has 1 aromatic rings. The van der Waals surface area contributed by atoms with Gasteiger partial charge in [-0.15, -0.1) is 0 Å². The lowest BCUT2D eigenvalue weighted by atomic mass is 10.0. The van der Waals surface area contributed by atoms with Gasteiger partial charge in [-0.05, 0) is 44.2 Å². The van der Waals surface area contributed by atoms with Gasteiger partial charge in [-0.1, -0.05) is 18.2 Å². The number of nitrogens with one attached hydrogen (secondary N) is 1. The van der Waals surface area contributed by atoms with Crippen molar-refractivity contribution in [3.63, 3.8) is 0 Å². The summed E-state index contributed by atoms with van der Waals surface area (Å²) in [5, 5.41) is 2.99. The van der Waals surface area contributed by atoms with Crippen molar-refractivity contribution in [3.8, 4) is 5.75 Å². The molecule has 0 aromatic heterocycles. The number of aryl methyl sites for hydroxylation is 2. The molecule has 1 N–H and O–H groups in total. The first-order valence-corrected chi connectivity index (χ1v) is 9.33. The van der Waals surface area contributed by atoms with Crippen molar-refractivity contribution in [1.82, 2.24) is 15.1 Å². The van der Waals surface area contributed by atoms with E-state index in [9.17, 15) is 9.59 Å². The predicted octanol–water partition coefficient (Wildman–Crippen LogP) is 2.72. The van der Waals surface area contributed by atoms with Gasteiger partial charge < -0.3 is 19.9 Å². The molecule has 1 fully saturated rings. The fraction of sp³-hybridized carbons (Fsp3) is 0.600. The zero-order chi connectivity index (χ0) is 19.1. The van der Waals surface area contributed by atoms with Crippen LogP contribution in [-0.4, -0.2) is 61.6 Å². The highest BCUT2D eigenvalue weighted by Crippen LogP contribution is 2.22. The summed E-state index contributed by atoms with van der Waals surface area (Å²) in [4.78, 5) is 27.5. The number of rotatable bonds is 6. The lowest BCUT2D eigenvalue weighted by Gasteiger charge is -2.33. The number of nitrogens with zero attached hydrogens (tertiary/aromatic N) is 2. The molecule has 3 amide bonds. The number of carbonyl (C=O) groups is 2. The highest BCUT2D eigenvalue weighted by molar-refractivity contribution is 5.76. The lowest BCUT2D eigenvalue weighted by molar-refractivity contribution is -0.132. The zero-order valence-corrected chi connectivity index (χ0v) is 16.4. The molecule has 6 nitrogen and oxygen atoms in total. The highest BCUT2D eigenvalue weighted by Gasteiger charge is 2.23. The molecule has 0 spiro atoms. The van der Waals surface area contributed by atoms with Crippen molar-refractivity contribution < 1.29 is 14.3 Å². The van der Waals surface area contributed by atoms with E-state index in [2.05, 4.69) is 5.32 Å². The van der Waals surface area contributed by atoms with Crippen molar-refractivity contribution in [2.45, 2.75) is 45.6 Å². The van der Waals surface area contributed by atoms with Gasteiger partial charge in [-0.25, -0.2) is 4.79 Å². The molecular weight excluding hydrogens is 330 g/mol. The standard InChI is InChI=1S/C20H31N3O3/c1-15-7-5-8-16(2)19(15)26-14-6-9-18(24)23-12-10-17(11-13-23)21-20(25)22(3)4/h5,7-8,17H,6,9-14H2,1-4H3,(H,21,25). The van der Waals surface area contributed by atoms with Crippen LogP contribution in [0.1, 0.15) is 36.8 Å². The van der Waals surface area contributed by atoms with Gasteiger partial charge in [0.15, 0.2) is 0 Å². The second kappa shape index (κ2) is 9.46. The summed E-state index contributed by atoms with van der Waals surface area (Å²) in [6.07, 6.45) is 2.83. The monoisotopic (exact) mass is 361 g/mol. The molecule has 0 atom stereocenters. The Morgan fingerprint density at radius 2 is 1.81 bits per heavy atom. The number of urea groups is 1. The number of piperidine rings is 1. The molecule has 0 radical (unpaired) electrons. The summed E-state index contributed by atoms with van der Waals surface area (Å²) in [6.45, 7) is 6.02. The number of hydrogen-bond acceptors (Lipinski definition) is 3. The summed E-state index contributed by atoms with van der Waals surface area (Å²) in [6, 6.07) is 6.17. The molecule has 6 heteroatoms. The van der Waals surface area contributed by atoms with E-state index in [4.69, 9.17) is 4.74 Å². The number of amides is 3. The third-order valence-corrected chi connectivity index (χ3v) is 4.77. The number of carbonyl (C=O) groups excluding carboxylic acids is 2. The molecule has 1 aliphatic rings. The molecule has 0 aliphatic carbocycles. The van der Waals surface area contributed by atoms with Crippen LogP contribution in [0.15, 0.2) is 18.2 Å². The number of hydrogen-bond donors (Lipinski definition) is 1. The topological polar surface area (TPSA) is 61.9 Å². The van der Waals surface area contributed by atoms with Gasteiger partial charge in [0, 0.05) is 39.6 Å². The van der Waals surface area contributed by atoms with Gasteiger partial charge >= 0.3 is 6.03 Å². The van der Waals surface area contributed by atoms with E-state index in [1.54, 1.807) is 14.1 Å². The average molecular weight is 361 g/mol. The molecule has 0 unspecified atom stereocenters. The van der Waals surface area contributed by atoms with Crippen molar-refractivity contribution in [1.29, 1.82) is 0 Å². The largest absolute Gasteiger partial charge is 0.493 e. The summed E-state index contributed by atoms with van der Waals surface area (Å²) < 4.78 is 5.87. The van der Waals surface area contributed by atoms with Crippen LogP contribution < -0.4 is 10.1 Å². The molecule has 0 saturated carbocycles. The SMILES string of the molecule is Cc1cccc(C)c1OCCCC(=O)N1CCC(NC(=O)N(C)C)CC1. The minimum absolute atomic E-state index is 0.0709. The maximum atomic E-state index is 12.4. The van der Waals surface area contributed by atoms with Crippen LogP contribution in [-0.2, 0) is 4.79 Å². The Balaban J connectivity index is 1.67. The molecule has 0 bridgehead atoms. The summed E-state index contributed by atoms with van der Waals surface area (Å²) >= 11 is 0. The van der Waals surface area contributed by atoms with Gasteiger partial charge in [0.05, 0.1) is 6.61 Å². The first-order chi connectivity index (χ1) is 12.4. The fourth-order valence-corrected chi connectivity index (χ4v) is 3.16. The Morgan fingerprint density at radius 1 is 1.19 bits per heavy atom. The number of benzene rings is 1. The smallest absolute Gasteiger partial charge is 0.317 e. The molecule has 1 heterocycles. The van der Waals surface area contributed by atoms with E-state index >= 15 is 0 Å². The lowest BCUT2D eigenvalue weighted by Crippen LogP contribution is -2.48. The van der Waals surface area contributed by atoms with Crippen molar-refractivity contribution in [2.24, 2.45) is 0 Å². The van der Waals surface area contributed by atoms with Gasteiger partial charge in [0.2, 0.25) is 5.91 Å². The highest BCUT2D eigenvalue weighted by atomic mass is 16.5. The Bertz CT molecular complexity index is 602. The van der Waals surface area contributed by atoms with Crippen LogP contribution in [0.5, 0.6) is 5.75 Å². The minimum Gasteiger partial charge on any atom is -0.493 e. The van der Waals surface area contributed by atoms with E-state index in [0.29, 0.717) is 32.5 Å². The summed E-state index contributed by atoms with van der Waals surface area (Å²) in [5.41, 5.74) is 2.25. The zero-order valence-electron chi connectivity index (χ0n) is 16.4. The average Bonchev–Trinajstić information content (AvgIpc) is 2.61. The Kier molecular flexibility index (Phi) is 7.30. The van der Waals surface area contributed by atoms with E-state index in [1.165, 1.54) is 4.90 Å². The summed E-state index contributed by atoms with van der Waals surface area (Å²) in [5.74, 6) is 1.10. The van der Waals surface area contributed by atoms with Crippen molar-refractivity contribution >= 4 is 11.9 Å². The molecule has 1 saturated heterocycles. The van der Waals surface area contributed by atoms with Gasteiger partial charge in [0.25, 0.3) is 0 Å². The quantitative estimate of drug-likeness (QED) is 0.793. The Labute approximate surface area is 156 Å². The van der Waals surface area contributed by atoms with E-state index in [0.717, 1.165) is 29.7 Å². The van der Waals surface area contributed by atoms with Crippen LogP contribution in [0.4, 0.5) is 4.79 Å². The first-order valence-electron chi connectivity index (χ1n) is 9.33. The number of ether oxygens (including phenoxy) is 1. The third kappa shape index (κ3) is 5.64. The summed E-state index contributed by atoms with van der Waals surface area (Å²) in [7, 11) is 3.46. The van der Waals surface area contributed by atoms with Crippen LogP contribution in [0.2, 0.25) is 0 Å². The Hall–Kier alpha value is -2.24. The predicted molar refractivity (Wildman–Crippen MR) is 102 cm³/mol. The van der Waals surface area contributed by atoms with Gasteiger partial charge in [-0.2, -0.15) is 0 Å². The van der Waals surface area contributed by atoms with Crippen LogP contribution in [0.3, 0.4) is 0 Å². The first kappa shape index (κ1) is 20.1. The maximum Gasteiger partial charge on any atom is 0.317 e. The second-order valence-electron chi connectivity index (χ2n) is 7.17. The Morgan fingerprint density at radius 3 is 2.38 bits per heavy atom. The van der Waals surface area contributed by atoms with E-state index < -0.39 is 0 Å². The molecule has 2 rings (SSSR count). The molecule has 26 heavy (non-hydrogen) atoms. The molecular formula is C20H31N3O3.